The largest absolute Gasteiger partial charge is 0.346 e. The van der Waals surface area contributed by atoms with Crippen LogP contribution in [-0.2, 0) is 33.4 Å². The molecule has 0 atom stereocenters. The molecule has 0 saturated heterocycles. The molecule has 4 aromatic heterocycles. The van der Waals surface area contributed by atoms with Crippen molar-refractivity contribution < 1.29 is 0 Å². The third kappa shape index (κ3) is 3.56. The van der Waals surface area contributed by atoms with E-state index in [1.54, 1.807) is 0 Å². The summed E-state index contributed by atoms with van der Waals surface area (Å²) < 4.78 is 4.57. The number of fused-ring (bicyclic) bond motifs is 2. The van der Waals surface area contributed by atoms with Crippen molar-refractivity contribution in [3.63, 3.8) is 0 Å². The van der Waals surface area contributed by atoms with Gasteiger partial charge in [0.25, 0.3) is 0 Å². The normalized spacial score (nSPS) is 13.4. The maximum absolute atomic E-state index is 5.03. The molecule has 1 aromatic carbocycles. The topological polar surface area (TPSA) is 35.6 Å². The van der Waals surface area contributed by atoms with E-state index in [-0.39, 0.29) is 0 Å². The Morgan fingerprint density at radius 1 is 0.697 bits per heavy atom. The SMILES string of the molecule is Cn1c(-c2cccc(Cc3cccc(-c4cc5ccccc5n4C)n3)n2)cc2c1CCCC2. The summed E-state index contributed by atoms with van der Waals surface area (Å²) in [7, 11) is 4.29. The number of rotatable bonds is 4. The molecule has 0 aliphatic heterocycles. The number of aryl methyl sites for hydroxylation is 2. The van der Waals surface area contributed by atoms with Crippen molar-refractivity contribution in [2.24, 2.45) is 14.1 Å². The average Bonchev–Trinajstić information content (AvgIpc) is 3.37. The minimum atomic E-state index is 0.718. The zero-order valence-corrected chi connectivity index (χ0v) is 19.3. The molecule has 5 aromatic rings. The summed E-state index contributed by atoms with van der Waals surface area (Å²) in [6.07, 6.45) is 5.67. The lowest BCUT2D eigenvalue weighted by molar-refractivity contribution is 0.649. The summed E-state index contributed by atoms with van der Waals surface area (Å²) in [6, 6.07) is 25.7. The van der Waals surface area contributed by atoms with Gasteiger partial charge in [-0.25, -0.2) is 0 Å². The van der Waals surface area contributed by atoms with Gasteiger partial charge in [0, 0.05) is 48.5 Å². The molecule has 4 nitrogen and oxygen atoms in total. The number of hydrogen-bond acceptors (Lipinski definition) is 2. The Morgan fingerprint density at radius 2 is 1.36 bits per heavy atom. The molecule has 0 bridgehead atoms. The van der Waals surface area contributed by atoms with Gasteiger partial charge >= 0.3 is 0 Å². The summed E-state index contributed by atoms with van der Waals surface area (Å²) >= 11 is 0. The quantitative estimate of drug-likeness (QED) is 0.343. The number of aromatic nitrogens is 4. The zero-order valence-electron chi connectivity index (χ0n) is 19.3. The van der Waals surface area contributed by atoms with Gasteiger partial charge in [0.15, 0.2) is 0 Å². The first-order valence-electron chi connectivity index (χ1n) is 11.8. The van der Waals surface area contributed by atoms with Gasteiger partial charge in [0.1, 0.15) is 0 Å². The van der Waals surface area contributed by atoms with E-state index in [2.05, 4.69) is 96.0 Å². The number of nitrogens with zero attached hydrogens (tertiary/aromatic N) is 4. The first-order chi connectivity index (χ1) is 16.2. The predicted octanol–water partition coefficient (Wildman–Crippen LogP) is 6.11. The van der Waals surface area contributed by atoms with Crippen LogP contribution in [-0.4, -0.2) is 19.1 Å². The highest BCUT2D eigenvalue weighted by atomic mass is 15.0. The number of para-hydroxylation sites is 1. The molecule has 0 unspecified atom stereocenters. The summed E-state index contributed by atoms with van der Waals surface area (Å²) in [4.78, 5) is 10.0. The highest BCUT2D eigenvalue weighted by Crippen LogP contribution is 2.30. The predicted molar refractivity (Wildman–Crippen MR) is 134 cm³/mol. The summed E-state index contributed by atoms with van der Waals surface area (Å²) in [6.45, 7) is 0. The van der Waals surface area contributed by atoms with Crippen LogP contribution in [0.3, 0.4) is 0 Å². The number of pyridine rings is 2. The second kappa shape index (κ2) is 8.04. The fourth-order valence-electron chi connectivity index (χ4n) is 5.27. The smallest absolute Gasteiger partial charge is 0.0870 e. The monoisotopic (exact) mass is 432 g/mol. The summed E-state index contributed by atoms with van der Waals surface area (Å²) in [5.74, 6) is 0. The highest BCUT2D eigenvalue weighted by Gasteiger charge is 2.18. The minimum absolute atomic E-state index is 0.718. The van der Waals surface area contributed by atoms with E-state index in [4.69, 9.17) is 9.97 Å². The lowest BCUT2D eigenvalue weighted by atomic mass is 9.98. The van der Waals surface area contributed by atoms with Crippen LogP contribution in [0.4, 0.5) is 0 Å². The van der Waals surface area contributed by atoms with Crippen molar-refractivity contribution >= 4 is 10.9 Å². The molecule has 4 heterocycles. The fraction of sp³-hybridized carbons (Fsp3) is 0.241. The molecule has 0 N–H and O–H groups in total. The van der Waals surface area contributed by atoms with E-state index in [0.29, 0.717) is 0 Å². The van der Waals surface area contributed by atoms with Gasteiger partial charge in [0.05, 0.1) is 22.8 Å². The van der Waals surface area contributed by atoms with E-state index >= 15 is 0 Å². The molecule has 4 heteroatoms. The lowest BCUT2D eigenvalue weighted by Crippen LogP contribution is -2.06. The maximum Gasteiger partial charge on any atom is 0.0870 e. The van der Waals surface area contributed by atoms with E-state index in [9.17, 15) is 0 Å². The van der Waals surface area contributed by atoms with Gasteiger partial charge in [-0.15, -0.1) is 0 Å². The zero-order chi connectivity index (χ0) is 22.4. The molecular weight excluding hydrogens is 404 g/mol. The third-order valence-corrected chi connectivity index (χ3v) is 7.01. The molecule has 0 radical (unpaired) electrons. The molecule has 0 spiro atoms. The van der Waals surface area contributed by atoms with E-state index in [1.165, 1.54) is 53.5 Å². The van der Waals surface area contributed by atoms with Crippen LogP contribution in [0.15, 0.2) is 72.8 Å². The molecule has 0 saturated carbocycles. The van der Waals surface area contributed by atoms with Crippen molar-refractivity contribution in [1.29, 1.82) is 0 Å². The molecule has 33 heavy (non-hydrogen) atoms. The number of hydrogen-bond donors (Lipinski definition) is 0. The van der Waals surface area contributed by atoms with Crippen molar-refractivity contribution in [2.75, 3.05) is 0 Å². The standard InChI is InChI=1S/C29H28N4/c1-32-26-15-5-3-9-20(26)17-28(32)24-13-7-11-22(30-24)19-23-12-8-14-25(31-23)29-18-21-10-4-6-16-27(21)33(29)2/h3,5,7-9,11-15,17-18H,4,6,10,16,19H2,1-2H3. The van der Waals surface area contributed by atoms with Gasteiger partial charge in [-0.3, -0.25) is 9.97 Å². The Kier molecular flexibility index (Phi) is 4.87. The Hall–Kier alpha value is -3.66. The fourth-order valence-corrected chi connectivity index (χ4v) is 5.27. The third-order valence-electron chi connectivity index (χ3n) is 7.01. The van der Waals surface area contributed by atoms with Gasteiger partial charge in [0.2, 0.25) is 0 Å². The van der Waals surface area contributed by atoms with Gasteiger partial charge in [-0.2, -0.15) is 0 Å². The van der Waals surface area contributed by atoms with Gasteiger partial charge in [-0.1, -0.05) is 30.3 Å². The van der Waals surface area contributed by atoms with E-state index in [0.717, 1.165) is 34.9 Å². The minimum Gasteiger partial charge on any atom is -0.346 e. The van der Waals surface area contributed by atoms with Gasteiger partial charge < -0.3 is 9.13 Å². The van der Waals surface area contributed by atoms with Gasteiger partial charge in [-0.05, 0) is 73.7 Å². The van der Waals surface area contributed by atoms with Crippen LogP contribution in [0, 0.1) is 0 Å². The maximum atomic E-state index is 5.03. The Bertz CT molecular complexity index is 1470. The molecule has 0 fully saturated rings. The van der Waals surface area contributed by atoms with Crippen molar-refractivity contribution in [3.8, 4) is 22.8 Å². The molecule has 164 valence electrons. The van der Waals surface area contributed by atoms with Crippen LogP contribution in [0.2, 0.25) is 0 Å². The van der Waals surface area contributed by atoms with Crippen LogP contribution in [0.5, 0.6) is 0 Å². The second-order valence-corrected chi connectivity index (χ2v) is 9.12. The molecular formula is C29H28N4. The van der Waals surface area contributed by atoms with E-state index in [1.807, 2.05) is 0 Å². The average molecular weight is 433 g/mol. The first-order valence-corrected chi connectivity index (χ1v) is 11.8. The Morgan fingerprint density at radius 3 is 2.06 bits per heavy atom. The summed E-state index contributed by atoms with van der Waals surface area (Å²) in [5.41, 5.74) is 10.7. The lowest BCUT2D eigenvalue weighted by Gasteiger charge is -2.13. The van der Waals surface area contributed by atoms with Crippen LogP contribution < -0.4 is 0 Å². The molecule has 1 aliphatic carbocycles. The van der Waals surface area contributed by atoms with Crippen LogP contribution in [0.25, 0.3) is 33.7 Å². The van der Waals surface area contributed by atoms with Crippen LogP contribution >= 0.6 is 0 Å². The van der Waals surface area contributed by atoms with Crippen molar-refractivity contribution in [3.05, 3.63) is 95.4 Å². The first kappa shape index (κ1) is 20.0. The molecule has 1 aliphatic rings. The van der Waals surface area contributed by atoms with Crippen molar-refractivity contribution in [1.82, 2.24) is 19.1 Å². The molecule has 0 amide bonds. The van der Waals surface area contributed by atoms with Crippen LogP contribution in [0.1, 0.15) is 35.5 Å². The van der Waals surface area contributed by atoms with Crippen molar-refractivity contribution in [2.45, 2.75) is 32.1 Å². The second-order valence-electron chi connectivity index (χ2n) is 9.12. The Labute approximate surface area is 194 Å². The Balaban J connectivity index is 1.31. The summed E-state index contributed by atoms with van der Waals surface area (Å²) in [5, 5.41) is 1.24. The highest BCUT2D eigenvalue weighted by molar-refractivity contribution is 5.86. The number of benzene rings is 1. The molecule has 6 rings (SSSR count). The van der Waals surface area contributed by atoms with E-state index < -0.39 is 0 Å².